The summed E-state index contributed by atoms with van der Waals surface area (Å²) < 4.78 is 13.7. The summed E-state index contributed by atoms with van der Waals surface area (Å²) in [6, 6.07) is 6.95. The molecule has 1 heterocycles. The zero-order valence-corrected chi connectivity index (χ0v) is 7.50. The summed E-state index contributed by atoms with van der Waals surface area (Å²) in [5.41, 5.74) is 6.41. The molecule has 0 bridgehead atoms. The summed E-state index contributed by atoms with van der Waals surface area (Å²) in [5.74, 6) is -0.181. The number of halogens is 1. The molecule has 1 aromatic heterocycles. The van der Waals surface area contributed by atoms with E-state index >= 15 is 0 Å². The first-order valence-corrected chi connectivity index (χ1v) is 4.20. The van der Waals surface area contributed by atoms with Crippen molar-refractivity contribution < 1.29 is 4.39 Å². The van der Waals surface area contributed by atoms with E-state index < -0.39 is 0 Å². The number of hydrogen-bond donors (Lipinski definition) is 1. The summed E-state index contributed by atoms with van der Waals surface area (Å²) in [7, 11) is 0. The molecule has 2 aromatic rings. The molecule has 0 aliphatic heterocycles. The Morgan fingerprint density at radius 1 is 1.36 bits per heavy atom. The molecule has 2 rings (SSSR count). The second-order valence-electron chi connectivity index (χ2n) is 2.95. The number of nitrogens with zero attached hydrogens (tertiary/aromatic N) is 1. The van der Waals surface area contributed by atoms with E-state index in [1.807, 2.05) is 0 Å². The Labute approximate surface area is 80.9 Å². The summed E-state index contributed by atoms with van der Waals surface area (Å²) in [6.45, 7) is 3.50. The first-order valence-electron chi connectivity index (χ1n) is 4.20. The van der Waals surface area contributed by atoms with Crippen LogP contribution in [0.5, 0.6) is 0 Å². The minimum Gasteiger partial charge on any atom is -0.383 e. The molecule has 0 saturated heterocycles. The first kappa shape index (κ1) is 8.69. The van der Waals surface area contributed by atoms with Crippen LogP contribution in [0.3, 0.4) is 0 Å². The predicted molar refractivity (Wildman–Crippen MR) is 56.2 cm³/mol. The third kappa shape index (κ3) is 1.14. The van der Waals surface area contributed by atoms with Gasteiger partial charge in [-0.3, -0.25) is 0 Å². The molecule has 0 radical (unpaired) electrons. The molecule has 1 aromatic carbocycles. The summed E-state index contributed by atoms with van der Waals surface area (Å²) in [4.78, 5) is 4.07. The number of benzene rings is 1. The predicted octanol–water partition coefficient (Wildman–Crippen LogP) is 2.60. The van der Waals surface area contributed by atoms with Crippen LogP contribution in [0.1, 0.15) is 5.56 Å². The van der Waals surface area contributed by atoms with Gasteiger partial charge in [0.25, 0.3) is 0 Å². The van der Waals surface area contributed by atoms with Gasteiger partial charge in [-0.1, -0.05) is 24.8 Å². The molecule has 0 aliphatic rings. The van der Waals surface area contributed by atoms with Gasteiger partial charge in [-0.2, -0.15) is 0 Å². The Kier molecular flexibility index (Phi) is 1.93. The monoisotopic (exact) mass is 188 g/mol. The van der Waals surface area contributed by atoms with E-state index in [1.54, 1.807) is 24.3 Å². The van der Waals surface area contributed by atoms with E-state index in [9.17, 15) is 4.39 Å². The van der Waals surface area contributed by atoms with Gasteiger partial charge in [-0.15, -0.1) is 0 Å². The van der Waals surface area contributed by atoms with Crippen LogP contribution in [0.25, 0.3) is 17.0 Å². The topological polar surface area (TPSA) is 38.9 Å². The van der Waals surface area contributed by atoms with Crippen LogP contribution in [0.2, 0.25) is 0 Å². The number of anilines is 1. The lowest BCUT2D eigenvalue weighted by Crippen LogP contribution is -1.98. The van der Waals surface area contributed by atoms with Gasteiger partial charge in [-0.25, -0.2) is 9.37 Å². The van der Waals surface area contributed by atoms with E-state index in [1.165, 1.54) is 6.08 Å². The van der Waals surface area contributed by atoms with Gasteiger partial charge in [0.1, 0.15) is 11.6 Å². The van der Waals surface area contributed by atoms with Gasteiger partial charge in [0.2, 0.25) is 0 Å². The van der Waals surface area contributed by atoms with Gasteiger partial charge in [0.15, 0.2) is 0 Å². The summed E-state index contributed by atoms with van der Waals surface area (Å²) in [6.07, 6.45) is 1.38. The Morgan fingerprint density at radius 2 is 2.07 bits per heavy atom. The molecule has 0 atom stereocenters. The SMILES string of the molecule is C=Cc1c(N)nc2ccccc2c1F. The maximum atomic E-state index is 13.7. The van der Waals surface area contributed by atoms with E-state index in [4.69, 9.17) is 5.73 Å². The average Bonchev–Trinajstić information content (AvgIpc) is 2.18. The molecule has 3 heteroatoms. The van der Waals surface area contributed by atoms with Crippen molar-refractivity contribution in [3.8, 4) is 0 Å². The molecule has 70 valence electrons. The molecular formula is C11H9FN2. The number of rotatable bonds is 1. The molecule has 2 N–H and O–H groups in total. The molecule has 14 heavy (non-hydrogen) atoms. The van der Waals surface area contributed by atoms with Crippen LogP contribution in [0, 0.1) is 5.82 Å². The minimum atomic E-state index is -0.358. The van der Waals surface area contributed by atoms with Crippen molar-refractivity contribution in [3.05, 3.63) is 42.2 Å². The van der Waals surface area contributed by atoms with Crippen molar-refractivity contribution in [1.82, 2.24) is 4.98 Å². The number of nitrogens with two attached hydrogens (primary N) is 1. The third-order valence-corrected chi connectivity index (χ3v) is 2.10. The highest BCUT2D eigenvalue weighted by Crippen LogP contribution is 2.23. The van der Waals surface area contributed by atoms with Crippen molar-refractivity contribution in [2.45, 2.75) is 0 Å². The fourth-order valence-electron chi connectivity index (χ4n) is 1.40. The van der Waals surface area contributed by atoms with E-state index in [0.717, 1.165) is 0 Å². The smallest absolute Gasteiger partial charge is 0.143 e. The lowest BCUT2D eigenvalue weighted by atomic mass is 10.1. The number of aromatic nitrogens is 1. The third-order valence-electron chi connectivity index (χ3n) is 2.10. The molecule has 0 saturated carbocycles. The van der Waals surface area contributed by atoms with E-state index in [-0.39, 0.29) is 17.2 Å². The second-order valence-corrected chi connectivity index (χ2v) is 2.95. The van der Waals surface area contributed by atoms with Crippen LogP contribution in [0.4, 0.5) is 10.2 Å². The lowest BCUT2D eigenvalue weighted by Gasteiger charge is -2.04. The Hall–Kier alpha value is -1.90. The van der Waals surface area contributed by atoms with Crippen molar-refractivity contribution >= 4 is 22.8 Å². The fourth-order valence-corrected chi connectivity index (χ4v) is 1.40. The van der Waals surface area contributed by atoms with Gasteiger partial charge in [0.05, 0.1) is 11.1 Å². The maximum Gasteiger partial charge on any atom is 0.143 e. The number of nitrogen functional groups attached to an aromatic ring is 1. The summed E-state index contributed by atoms with van der Waals surface area (Å²) >= 11 is 0. The van der Waals surface area contributed by atoms with Gasteiger partial charge in [-0.05, 0) is 12.1 Å². The van der Waals surface area contributed by atoms with Gasteiger partial charge in [0, 0.05) is 5.39 Å². The van der Waals surface area contributed by atoms with Crippen LogP contribution in [0.15, 0.2) is 30.8 Å². The van der Waals surface area contributed by atoms with E-state index in [0.29, 0.717) is 10.9 Å². The van der Waals surface area contributed by atoms with Crippen molar-refractivity contribution in [2.24, 2.45) is 0 Å². The minimum absolute atomic E-state index is 0.177. The first-order chi connectivity index (χ1) is 6.74. The van der Waals surface area contributed by atoms with Crippen LogP contribution in [-0.4, -0.2) is 4.98 Å². The Bertz CT molecular complexity index is 506. The fraction of sp³-hybridized carbons (Fsp3) is 0. The van der Waals surface area contributed by atoms with Crippen molar-refractivity contribution in [1.29, 1.82) is 0 Å². The lowest BCUT2D eigenvalue weighted by molar-refractivity contribution is 0.636. The molecule has 0 fully saturated rings. The highest BCUT2D eigenvalue weighted by atomic mass is 19.1. The Morgan fingerprint density at radius 3 is 2.79 bits per heavy atom. The quantitative estimate of drug-likeness (QED) is 0.747. The number of para-hydroxylation sites is 1. The highest BCUT2D eigenvalue weighted by molar-refractivity contribution is 5.84. The Balaban J connectivity index is 2.92. The molecule has 0 amide bonds. The van der Waals surface area contributed by atoms with Crippen molar-refractivity contribution in [2.75, 3.05) is 5.73 Å². The second kappa shape index (κ2) is 3.10. The zero-order valence-electron chi connectivity index (χ0n) is 7.50. The molecule has 0 unspecified atom stereocenters. The molecule has 2 nitrogen and oxygen atoms in total. The van der Waals surface area contributed by atoms with Crippen LogP contribution >= 0.6 is 0 Å². The van der Waals surface area contributed by atoms with E-state index in [2.05, 4.69) is 11.6 Å². The van der Waals surface area contributed by atoms with Crippen LogP contribution in [-0.2, 0) is 0 Å². The standard InChI is InChI=1S/C11H9FN2/c1-2-7-10(12)8-5-3-4-6-9(8)14-11(7)13/h2-6H,1H2,(H2,13,14). The largest absolute Gasteiger partial charge is 0.383 e. The maximum absolute atomic E-state index is 13.7. The zero-order chi connectivity index (χ0) is 10.1. The van der Waals surface area contributed by atoms with Gasteiger partial charge < -0.3 is 5.73 Å². The average molecular weight is 188 g/mol. The summed E-state index contributed by atoms with van der Waals surface area (Å²) in [5, 5.41) is 0.469. The van der Waals surface area contributed by atoms with Gasteiger partial charge >= 0.3 is 0 Å². The molecule has 0 aliphatic carbocycles. The highest BCUT2D eigenvalue weighted by Gasteiger charge is 2.09. The molecular weight excluding hydrogens is 179 g/mol. The number of hydrogen-bond acceptors (Lipinski definition) is 2. The molecule has 0 spiro atoms. The number of fused-ring (bicyclic) bond motifs is 1. The normalized spacial score (nSPS) is 10.4. The number of pyridine rings is 1. The van der Waals surface area contributed by atoms with Crippen LogP contribution < -0.4 is 5.73 Å². The van der Waals surface area contributed by atoms with Crippen molar-refractivity contribution in [3.63, 3.8) is 0 Å².